The number of nitrogens with zero attached hydrogens (tertiary/aromatic N) is 1. The van der Waals surface area contributed by atoms with Gasteiger partial charge in [0, 0.05) is 48.4 Å². The average Bonchev–Trinajstić information content (AvgIpc) is 3.01. The molecule has 2 aliphatic rings. The second-order valence-corrected chi connectivity index (χ2v) is 16.1. The van der Waals surface area contributed by atoms with Crippen LogP contribution >= 0.6 is 11.6 Å². The van der Waals surface area contributed by atoms with Crippen molar-refractivity contribution in [1.29, 1.82) is 0 Å². The minimum atomic E-state index is -3.73. The fraction of sp³-hybridized carbons (Fsp3) is 0.406. The number of rotatable bonds is 10. The first-order valence-corrected chi connectivity index (χ1v) is 18.5. The summed E-state index contributed by atoms with van der Waals surface area (Å²) in [5, 5.41) is 6.72. The summed E-state index contributed by atoms with van der Waals surface area (Å²) in [4.78, 5) is 13.7. The molecule has 2 saturated heterocycles. The zero-order valence-electron chi connectivity index (χ0n) is 24.3. The monoisotopic (exact) mass is 661 g/mol. The number of carbonyl (C=O) groups excluding carboxylic acids is 1. The minimum absolute atomic E-state index is 0.00576. The Hall–Kier alpha value is -2.83. The van der Waals surface area contributed by atoms with Crippen molar-refractivity contribution in [2.75, 3.05) is 36.5 Å². The molecule has 1 unspecified atom stereocenters. The van der Waals surface area contributed by atoms with Gasteiger partial charge in [0.15, 0.2) is 0 Å². The second kappa shape index (κ2) is 14.1. The number of hydrogen-bond donors (Lipinski definition) is 2. The number of nitrogens with one attached hydrogen (secondary N) is 2. The maximum Gasteiger partial charge on any atom is 0.243 e. The number of halogens is 2. The molecule has 5 rings (SSSR count). The largest absolute Gasteiger partial charge is 0.326 e. The van der Waals surface area contributed by atoms with Crippen LogP contribution < -0.4 is 10.6 Å². The lowest BCUT2D eigenvalue weighted by Crippen LogP contribution is -2.53. The molecule has 0 saturated carbocycles. The molecule has 8 nitrogen and oxygen atoms in total. The van der Waals surface area contributed by atoms with Crippen LogP contribution in [0.1, 0.15) is 42.7 Å². The van der Waals surface area contributed by atoms with Crippen LogP contribution in [0.3, 0.4) is 0 Å². The third-order valence-electron chi connectivity index (χ3n) is 8.64. The predicted octanol–water partition coefficient (Wildman–Crippen LogP) is 5.01. The fourth-order valence-electron chi connectivity index (χ4n) is 6.25. The molecule has 3 aromatic carbocycles. The summed E-state index contributed by atoms with van der Waals surface area (Å²) in [6.07, 6.45) is 1.60. The maximum absolute atomic E-state index is 15.2. The van der Waals surface area contributed by atoms with Crippen LogP contribution in [0.2, 0.25) is 5.02 Å². The van der Waals surface area contributed by atoms with Gasteiger partial charge < -0.3 is 10.6 Å². The molecule has 44 heavy (non-hydrogen) atoms. The molecule has 12 heteroatoms. The Morgan fingerprint density at radius 2 is 1.73 bits per heavy atom. The first-order chi connectivity index (χ1) is 21.0. The molecular formula is C32H37ClFN3O5S2. The van der Waals surface area contributed by atoms with Crippen molar-refractivity contribution in [3.05, 3.63) is 94.8 Å². The first-order valence-electron chi connectivity index (χ1n) is 14.8. The highest BCUT2D eigenvalue weighted by Crippen LogP contribution is 2.37. The van der Waals surface area contributed by atoms with Gasteiger partial charge in [0.05, 0.1) is 16.4 Å². The van der Waals surface area contributed by atoms with Crippen LogP contribution in [0, 0.1) is 11.7 Å². The molecule has 2 fully saturated rings. The molecule has 2 heterocycles. The standard InChI is InChI=1S/C32H37ClFN3O5S2/c33-25-11-9-23(10-12-25)29(24-15-19-43(39,40)20-16-24)21-32(38)36-31-8-4-7-30(34)28(31)14-13-26-22-35-17-18-37(26)44(41,42)27-5-2-1-3-6-27/h1-12,24,26,29,35H,13-22H2,(H,36,38)/t26-,29?/m0/s1. The second-order valence-electron chi connectivity index (χ2n) is 11.5. The number of sulfone groups is 1. The molecule has 3 aromatic rings. The van der Waals surface area contributed by atoms with E-state index in [9.17, 15) is 21.6 Å². The van der Waals surface area contributed by atoms with E-state index >= 15 is 4.39 Å². The zero-order valence-corrected chi connectivity index (χ0v) is 26.7. The van der Waals surface area contributed by atoms with Gasteiger partial charge in [0.2, 0.25) is 15.9 Å². The third-order valence-corrected chi connectivity index (χ3v) is 12.6. The molecule has 0 aliphatic carbocycles. The van der Waals surface area contributed by atoms with Gasteiger partial charge >= 0.3 is 0 Å². The summed E-state index contributed by atoms with van der Waals surface area (Å²) >= 11 is 6.10. The molecule has 0 radical (unpaired) electrons. The van der Waals surface area contributed by atoms with Crippen LogP contribution in [0.4, 0.5) is 10.1 Å². The lowest BCUT2D eigenvalue weighted by atomic mass is 9.80. The van der Waals surface area contributed by atoms with Crippen molar-refractivity contribution in [1.82, 2.24) is 9.62 Å². The summed E-state index contributed by atoms with van der Waals surface area (Å²) in [5.74, 6) is -0.846. The Labute approximate surface area is 264 Å². The summed E-state index contributed by atoms with van der Waals surface area (Å²) in [7, 11) is -6.81. The van der Waals surface area contributed by atoms with Crippen molar-refractivity contribution in [3.63, 3.8) is 0 Å². The fourth-order valence-corrected chi connectivity index (χ4v) is 9.58. The van der Waals surface area contributed by atoms with Crippen LogP contribution in [0.15, 0.2) is 77.7 Å². The van der Waals surface area contributed by atoms with Crippen molar-refractivity contribution in [3.8, 4) is 0 Å². The van der Waals surface area contributed by atoms with E-state index in [4.69, 9.17) is 11.6 Å². The normalized spacial score (nSPS) is 20.2. The lowest BCUT2D eigenvalue weighted by Gasteiger charge is -2.35. The van der Waals surface area contributed by atoms with Crippen LogP contribution in [-0.4, -0.2) is 64.2 Å². The van der Waals surface area contributed by atoms with E-state index in [1.807, 2.05) is 12.1 Å². The maximum atomic E-state index is 15.2. The highest BCUT2D eigenvalue weighted by molar-refractivity contribution is 7.91. The van der Waals surface area contributed by atoms with Gasteiger partial charge in [0.25, 0.3) is 0 Å². The molecule has 0 bridgehead atoms. The van der Waals surface area contributed by atoms with Crippen LogP contribution in [0.5, 0.6) is 0 Å². The zero-order chi connectivity index (χ0) is 31.3. The average molecular weight is 662 g/mol. The van der Waals surface area contributed by atoms with Crippen molar-refractivity contribution < 1.29 is 26.0 Å². The topological polar surface area (TPSA) is 113 Å². The lowest BCUT2D eigenvalue weighted by molar-refractivity contribution is -0.116. The van der Waals surface area contributed by atoms with E-state index in [1.165, 1.54) is 16.4 Å². The number of piperazine rings is 1. The van der Waals surface area contributed by atoms with E-state index in [-0.39, 0.29) is 47.0 Å². The predicted molar refractivity (Wildman–Crippen MR) is 171 cm³/mol. The van der Waals surface area contributed by atoms with E-state index in [0.29, 0.717) is 55.2 Å². The third kappa shape index (κ3) is 7.87. The van der Waals surface area contributed by atoms with Gasteiger partial charge in [0.1, 0.15) is 15.7 Å². The molecule has 0 spiro atoms. The molecule has 2 aliphatic heterocycles. The van der Waals surface area contributed by atoms with E-state index in [0.717, 1.165) is 5.56 Å². The van der Waals surface area contributed by atoms with Gasteiger partial charge in [-0.3, -0.25) is 4.79 Å². The Balaban J connectivity index is 1.31. The molecule has 2 atom stereocenters. The Kier molecular flexibility index (Phi) is 10.4. The molecule has 236 valence electrons. The Morgan fingerprint density at radius 1 is 1.02 bits per heavy atom. The summed E-state index contributed by atoms with van der Waals surface area (Å²) in [5.41, 5.74) is 1.56. The van der Waals surface area contributed by atoms with Crippen molar-refractivity contribution in [2.45, 2.75) is 49.0 Å². The Bertz CT molecular complexity index is 1660. The van der Waals surface area contributed by atoms with Crippen molar-refractivity contribution in [2.24, 2.45) is 5.92 Å². The number of hydrogen-bond acceptors (Lipinski definition) is 6. The summed E-state index contributed by atoms with van der Waals surface area (Å²) < 4.78 is 67.7. The number of sulfonamides is 1. The SMILES string of the molecule is O=C(CC(c1ccc(Cl)cc1)C1CCS(=O)(=O)CC1)Nc1cccc(F)c1CC[C@H]1CNCCN1S(=O)(=O)c1ccccc1. The van der Waals surface area contributed by atoms with Gasteiger partial charge in [-0.25, -0.2) is 21.2 Å². The van der Waals surface area contributed by atoms with E-state index in [1.54, 1.807) is 48.5 Å². The summed E-state index contributed by atoms with van der Waals surface area (Å²) in [6.45, 7) is 1.25. The van der Waals surface area contributed by atoms with Gasteiger partial charge in [-0.15, -0.1) is 0 Å². The first kappa shape index (κ1) is 32.6. The highest BCUT2D eigenvalue weighted by Gasteiger charge is 2.34. The number of carbonyl (C=O) groups is 1. The van der Waals surface area contributed by atoms with E-state index < -0.39 is 31.7 Å². The van der Waals surface area contributed by atoms with Crippen LogP contribution in [-0.2, 0) is 31.1 Å². The Morgan fingerprint density at radius 3 is 2.43 bits per heavy atom. The molecule has 1 amide bonds. The van der Waals surface area contributed by atoms with Gasteiger partial charge in [-0.2, -0.15) is 4.31 Å². The minimum Gasteiger partial charge on any atom is -0.326 e. The van der Waals surface area contributed by atoms with Gasteiger partial charge in [-0.1, -0.05) is 48.0 Å². The number of benzene rings is 3. The number of anilines is 1. The summed E-state index contributed by atoms with van der Waals surface area (Å²) in [6, 6.07) is 19.7. The van der Waals surface area contributed by atoms with E-state index in [2.05, 4.69) is 10.6 Å². The number of amides is 1. The molecular weight excluding hydrogens is 625 g/mol. The van der Waals surface area contributed by atoms with Gasteiger partial charge in [-0.05, 0) is 79.5 Å². The smallest absolute Gasteiger partial charge is 0.243 e. The van der Waals surface area contributed by atoms with Crippen LogP contribution in [0.25, 0.3) is 0 Å². The molecule has 0 aromatic heterocycles. The quantitative estimate of drug-likeness (QED) is 0.316. The van der Waals surface area contributed by atoms with Crippen molar-refractivity contribution >= 4 is 43.1 Å². The molecule has 2 N–H and O–H groups in total. The highest BCUT2D eigenvalue weighted by atomic mass is 35.5.